The van der Waals surface area contributed by atoms with Crippen LogP contribution in [0.4, 0.5) is 44.2 Å². The Morgan fingerprint density at radius 1 is 0.495 bits per heavy atom. The molecule has 16 nitrogen and oxygen atoms in total. The number of aliphatic carboxylic acids is 1. The summed E-state index contributed by atoms with van der Waals surface area (Å²) in [7, 11) is 2.60. The van der Waals surface area contributed by atoms with Crippen LogP contribution in [0.1, 0.15) is 103 Å². The molecule has 6 aromatic carbocycles. The Hall–Kier alpha value is -7.52. The molecule has 2 aliphatic rings. The van der Waals surface area contributed by atoms with Gasteiger partial charge in [-0.3, -0.25) is 4.70 Å². The Morgan fingerprint density at radius 2 is 0.786 bits per heavy atom. The number of methoxy groups -OCH3 is 2. The van der Waals surface area contributed by atoms with Gasteiger partial charge in [-0.1, -0.05) is 94.2 Å². The number of thiazole rings is 3. The second kappa shape index (κ2) is 39.5. The molecule has 0 bridgehead atoms. The minimum atomic E-state index is -4.37. The van der Waals surface area contributed by atoms with Crippen LogP contribution in [0, 0.1) is 20.8 Å². The SMILES string of the molecule is C=Cc1cc(OCC(=O)OC)c(C)cc1OCc1nc(-c2ccc(C(F)(F)F)cc2)cs1.COC(=O)COc1cc(C2CC2)c(OCc2nc(-c3ccc(C(F)(F)F)cc3)cs2)cc1C.Cc1cc(OCc2nc(-c3ccc(C(F)(F)F)cc3)cs2)c(C2CC2)cc1OCC(=O)O.F.ICI.[Li+].[OH-]. The number of carbonyl (C=O) groups excluding carboxylic acids is 2. The van der Waals surface area contributed by atoms with E-state index in [0.29, 0.717) is 89.9 Å². The van der Waals surface area contributed by atoms with Gasteiger partial charge in [0.25, 0.3) is 0 Å². The van der Waals surface area contributed by atoms with E-state index in [9.17, 15) is 53.9 Å². The minimum Gasteiger partial charge on any atom is -0.870 e. The maximum Gasteiger partial charge on any atom is 1.00 e. The predicted molar refractivity (Wildman–Crippen MR) is 384 cm³/mol. The van der Waals surface area contributed by atoms with Crippen molar-refractivity contribution in [3.8, 4) is 68.3 Å². The van der Waals surface area contributed by atoms with Crippen LogP contribution in [-0.4, -0.2) is 79.9 Å². The molecule has 3 aromatic heterocycles. The minimum absolute atomic E-state index is 0. The standard InChI is InChI=1S/C24H22F3NO4S.2C23H20F3NO4S.CH2I2.FH.Li.H2O/c1-14-9-21(18(15-3-4-15)10-20(14)32-12-23(29)30-2)31-11-22-28-19(13-33-22)16-5-7-17(8-6-16)24(25,26)27;1-13-8-20(17(14-2-3-14)9-19(13)31-11-22(28)29)30-10-21-27-18(12-32-21)15-4-6-16(7-5-15)23(24,25)26;1-4-15-10-19(31-12-22(28)29-3)14(2)9-20(15)30-11-21-27-18(13-32-21)16-5-7-17(8-6-16)23(24,25)26;2-1-3;;;/h5-10,13,15H,3-4,11-12H2,1-2H3;4-9,12,14H,2-3,10-11H2,1H3,(H,28,29);4-10,13H,1,11-12H2,2-3H3;1H2;1H;;1H2/q;;;;;+1;/p-1. The van der Waals surface area contributed by atoms with Gasteiger partial charge in [0.1, 0.15) is 69.3 Å². The molecule has 32 heteroatoms. The third-order valence-corrected chi connectivity index (χ3v) is 17.4. The smallest absolute Gasteiger partial charge is 0.870 e. The maximum absolute atomic E-state index is 12.8. The molecule has 0 spiro atoms. The summed E-state index contributed by atoms with van der Waals surface area (Å²) >= 11 is 8.66. The summed E-state index contributed by atoms with van der Waals surface area (Å²) < 4.78 is 160. The first-order valence-corrected chi connectivity index (χ1v) is 35.9. The van der Waals surface area contributed by atoms with Gasteiger partial charge >= 0.3 is 55.3 Å². The van der Waals surface area contributed by atoms with E-state index in [1.807, 2.05) is 45.0 Å². The molecule has 0 radical (unpaired) electrons. The number of carbonyl (C=O) groups is 3. The summed E-state index contributed by atoms with van der Waals surface area (Å²) in [6.07, 6.45) is -7.31. The second-order valence-electron chi connectivity index (χ2n) is 22.2. The Balaban J connectivity index is 0.000000269. The largest absolute Gasteiger partial charge is 1.00 e. The molecule has 2 aliphatic carbocycles. The van der Waals surface area contributed by atoms with E-state index in [-0.39, 0.29) is 62.1 Å². The first kappa shape index (κ1) is 86.1. The fourth-order valence-electron chi connectivity index (χ4n) is 9.43. The molecule has 11 rings (SSSR count). The zero-order valence-corrected chi connectivity index (χ0v) is 62.6. The number of benzene rings is 6. The van der Waals surface area contributed by atoms with Gasteiger partial charge < -0.3 is 48.5 Å². The Morgan fingerprint density at radius 3 is 1.07 bits per heavy atom. The number of carboxylic acid groups (broad SMARTS) is 1. The molecule has 2 N–H and O–H groups in total. The van der Waals surface area contributed by atoms with E-state index in [0.717, 1.165) is 101 Å². The van der Waals surface area contributed by atoms with Crippen molar-refractivity contribution in [3.05, 3.63) is 197 Å². The van der Waals surface area contributed by atoms with E-state index >= 15 is 0 Å². The fraction of sp³-hybridized carbons (Fsp3) is 0.296. The summed E-state index contributed by atoms with van der Waals surface area (Å²) in [5, 5.41) is 16.3. The summed E-state index contributed by atoms with van der Waals surface area (Å²) in [6, 6.07) is 25.7. The van der Waals surface area contributed by atoms with Crippen molar-refractivity contribution >= 4 is 103 Å². The van der Waals surface area contributed by atoms with E-state index in [1.54, 1.807) is 34.3 Å². The van der Waals surface area contributed by atoms with Crippen molar-refractivity contribution in [2.45, 2.75) is 96.6 Å². The van der Waals surface area contributed by atoms with Crippen LogP contribution in [0.3, 0.4) is 0 Å². The Labute approximate surface area is 637 Å². The third kappa shape index (κ3) is 25.7. The summed E-state index contributed by atoms with van der Waals surface area (Å²) in [5.41, 5.74) is 6.57. The summed E-state index contributed by atoms with van der Waals surface area (Å²) in [4.78, 5) is 46.9. The quantitative estimate of drug-likeness (QED) is 0.0196. The molecule has 2 fully saturated rings. The van der Waals surface area contributed by atoms with Gasteiger partial charge in [0.05, 0.1) is 50.4 Å². The first-order chi connectivity index (χ1) is 47.6. The predicted octanol–water partition coefficient (Wildman–Crippen LogP) is 16.9. The van der Waals surface area contributed by atoms with Crippen molar-refractivity contribution in [2.24, 2.45) is 0 Å². The molecular weight excluding hydrogens is 1650 g/mol. The van der Waals surface area contributed by atoms with E-state index in [1.165, 1.54) is 87.1 Å². The number of hydrogen-bond donors (Lipinski definition) is 1. The fourth-order valence-corrected chi connectivity index (χ4v) is 11.6. The molecule has 0 saturated heterocycles. The van der Waals surface area contributed by atoms with Gasteiger partial charge in [-0.25, -0.2) is 29.3 Å². The molecule has 103 heavy (non-hydrogen) atoms. The molecule has 0 amide bonds. The number of hydrogen-bond acceptors (Lipinski definition) is 18. The number of esters is 2. The monoisotopic (exact) mass is 1720 g/mol. The number of halogens is 12. The number of aromatic nitrogens is 3. The van der Waals surface area contributed by atoms with Crippen LogP contribution in [0.25, 0.3) is 39.8 Å². The molecule has 9 aromatic rings. The normalized spacial score (nSPS) is 12.3. The Kier molecular flexibility index (Phi) is 33.1. The van der Waals surface area contributed by atoms with Crippen molar-refractivity contribution < 1.29 is 126 Å². The van der Waals surface area contributed by atoms with E-state index < -0.39 is 59.7 Å². The van der Waals surface area contributed by atoms with Crippen LogP contribution in [-0.2, 0) is 62.2 Å². The average Bonchev–Trinajstić information content (AvgIpc) is 1.70. The molecule has 546 valence electrons. The van der Waals surface area contributed by atoms with Crippen molar-refractivity contribution in [1.82, 2.24) is 15.0 Å². The molecule has 0 aliphatic heterocycles. The topological polar surface area (TPSA) is 214 Å². The molecule has 3 heterocycles. The van der Waals surface area contributed by atoms with E-state index in [4.69, 9.17) is 33.5 Å². The number of nitrogens with zero attached hydrogens (tertiary/aromatic N) is 3. The maximum atomic E-state index is 12.8. The summed E-state index contributed by atoms with van der Waals surface area (Å²) in [5.74, 6) is 2.44. The number of alkyl halides is 11. The van der Waals surface area contributed by atoms with Gasteiger partial charge in [0.2, 0.25) is 0 Å². The van der Waals surface area contributed by atoms with Crippen molar-refractivity contribution in [3.63, 3.8) is 0 Å². The zero-order chi connectivity index (χ0) is 72.5. The van der Waals surface area contributed by atoms with Crippen LogP contribution >= 0.6 is 79.2 Å². The Bertz CT molecular complexity index is 4270. The van der Waals surface area contributed by atoms with Gasteiger partial charge in [-0.05, 0) is 148 Å². The second-order valence-corrected chi connectivity index (χ2v) is 29.5. The van der Waals surface area contributed by atoms with Crippen LogP contribution in [0.15, 0.2) is 132 Å². The van der Waals surface area contributed by atoms with Gasteiger partial charge in [-0.2, -0.15) is 39.5 Å². The molecule has 0 atom stereocenters. The number of rotatable bonds is 24. The van der Waals surface area contributed by atoms with Gasteiger partial charge in [0.15, 0.2) is 19.8 Å². The average molecular weight is 1720 g/mol. The third-order valence-electron chi connectivity index (χ3n) is 14.9. The van der Waals surface area contributed by atoms with E-state index in [2.05, 4.69) is 76.2 Å². The number of aryl methyl sites for hydroxylation is 3. The van der Waals surface area contributed by atoms with Crippen LogP contribution < -0.4 is 47.3 Å². The number of carboxylic acids is 1. The van der Waals surface area contributed by atoms with Crippen LogP contribution in [0.2, 0.25) is 0 Å². The number of ether oxygens (including phenoxy) is 8. The first-order valence-electron chi connectivity index (χ1n) is 30.2. The van der Waals surface area contributed by atoms with Crippen molar-refractivity contribution in [2.75, 3.05) is 36.5 Å². The van der Waals surface area contributed by atoms with Crippen LogP contribution in [0.5, 0.6) is 34.5 Å². The van der Waals surface area contributed by atoms with Gasteiger partial charge in [-0.15, -0.1) is 34.0 Å². The van der Waals surface area contributed by atoms with Crippen molar-refractivity contribution in [1.29, 1.82) is 0 Å². The molecular formula is C71H66F10I2LiN3O13S3. The molecule has 2 saturated carbocycles. The van der Waals surface area contributed by atoms with Gasteiger partial charge in [0, 0.05) is 49.5 Å². The zero-order valence-electron chi connectivity index (χ0n) is 55.9. The summed E-state index contributed by atoms with van der Waals surface area (Å²) in [6.45, 7) is 9.16. The molecule has 0 unspecified atom stereocenters.